The lowest BCUT2D eigenvalue weighted by atomic mass is 10.0. The van der Waals surface area contributed by atoms with Crippen LogP contribution in [0, 0.1) is 5.92 Å². The van der Waals surface area contributed by atoms with E-state index >= 15 is 0 Å². The standard InChI is InChI=1S/C82H160O17P2/c1-6-9-12-15-18-21-24-26-27-28-29-30-31-32-33-34-36-43-48-53-58-63-68-82(87)99-78(72-93-80(85)66-61-56-51-46-41-38-37-40-44-49-54-59-64-75(4)5)74-97-101(90,91)95-70-76(83)69-94-100(88,89)96-73-77(71-92-79(84)65-60-55-50-45-39-23-20-17-14-11-8-3)98-81(86)67-62-57-52-47-42-35-25-22-19-16-13-10-7-2/h75-78,83H,6-74H2,1-5H3,(H,88,89)(H,90,91)/t76-,77+,78+/m0/s1. The number of phosphoric ester groups is 2. The molecule has 0 aliphatic heterocycles. The number of carbonyl (C=O) groups excluding carboxylic acids is 4. The lowest BCUT2D eigenvalue weighted by Gasteiger charge is -2.21. The summed E-state index contributed by atoms with van der Waals surface area (Å²) in [5.41, 5.74) is 0. The first kappa shape index (κ1) is 99.1. The maximum atomic E-state index is 13.1. The molecular formula is C82H160O17P2. The molecule has 17 nitrogen and oxygen atoms in total. The molecule has 5 atom stereocenters. The van der Waals surface area contributed by atoms with Gasteiger partial charge in [-0.05, 0) is 31.6 Å². The summed E-state index contributed by atoms with van der Waals surface area (Å²) in [6.07, 6.45) is 66.6. The van der Waals surface area contributed by atoms with Crippen molar-refractivity contribution in [3.63, 3.8) is 0 Å². The predicted octanol–water partition coefficient (Wildman–Crippen LogP) is 24.8. The van der Waals surface area contributed by atoms with Crippen molar-refractivity contribution in [3.8, 4) is 0 Å². The molecule has 0 saturated carbocycles. The number of unbranched alkanes of at least 4 members (excludes halogenated alkanes) is 54. The Morgan fingerprint density at radius 1 is 0.267 bits per heavy atom. The number of hydrogen-bond acceptors (Lipinski definition) is 15. The lowest BCUT2D eigenvalue weighted by Crippen LogP contribution is -2.30. The summed E-state index contributed by atoms with van der Waals surface area (Å²) >= 11 is 0. The third-order valence-corrected chi connectivity index (χ3v) is 21.2. The second-order valence-electron chi connectivity index (χ2n) is 30.0. The van der Waals surface area contributed by atoms with Crippen LogP contribution in [0.15, 0.2) is 0 Å². The Labute approximate surface area is 619 Å². The number of carbonyl (C=O) groups is 4. The van der Waals surface area contributed by atoms with Crippen molar-refractivity contribution in [3.05, 3.63) is 0 Å². The number of rotatable bonds is 82. The SMILES string of the molecule is CCCCCCCCCCCCCCCCCCCCCCCCC(=O)O[C@H](COC(=O)CCCCCCCCCCCCCCC(C)C)COP(=O)(O)OC[C@@H](O)COP(=O)(O)OC[C@@H](COC(=O)CCCCCCCCCCCCC)OC(=O)CCCCCCCCCCCCCCC. The van der Waals surface area contributed by atoms with Crippen LogP contribution < -0.4 is 0 Å². The van der Waals surface area contributed by atoms with Gasteiger partial charge >= 0.3 is 39.5 Å². The van der Waals surface area contributed by atoms with Crippen LogP contribution in [-0.4, -0.2) is 96.7 Å². The summed E-state index contributed by atoms with van der Waals surface area (Å²) in [6.45, 7) is 7.34. The van der Waals surface area contributed by atoms with Crippen LogP contribution in [0.2, 0.25) is 0 Å². The highest BCUT2D eigenvalue weighted by atomic mass is 31.2. The van der Waals surface area contributed by atoms with E-state index in [1.807, 2.05) is 0 Å². The number of phosphoric acid groups is 2. The van der Waals surface area contributed by atoms with Gasteiger partial charge in [-0.1, -0.05) is 388 Å². The third kappa shape index (κ3) is 76.1. The zero-order valence-electron chi connectivity index (χ0n) is 66.1. The average molecular weight is 1480 g/mol. The van der Waals surface area contributed by atoms with Crippen molar-refractivity contribution < 1.29 is 80.2 Å². The lowest BCUT2D eigenvalue weighted by molar-refractivity contribution is -0.161. The highest BCUT2D eigenvalue weighted by Crippen LogP contribution is 2.45. The molecule has 3 N–H and O–H groups in total. The summed E-state index contributed by atoms with van der Waals surface area (Å²) in [6, 6.07) is 0. The van der Waals surface area contributed by atoms with E-state index in [-0.39, 0.29) is 25.7 Å². The molecule has 0 rings (SSSR count). The molecule has 0 aliphatic rings. The van der Waals surface area contributed by atoms with E-state index in [1.165, 1.54) is 263 Å². The summed E-state index contributed by atoms with van der Waals surface area (Å²) in [5.74, 6) is -1.32. The van der Waals surface area contributed by atoms with E-state index in [9.17, 15) is 43.2 Å². The summed E-state index contributed by atoms with van der Waals surface area (Å²) in [4.78, 5) is 73.0. The van der Waals surface area contributed by atoms with Crippen molar-refractivity contribution in [2.75, 3.05) is 39.6 Å². The summed E-state index contributed by atoms with van der Waals surface area (Å²) in [5, 5.41) is 10.6. The summed E-state index contributed by atoms with van der Waals surface area (Å²) in [7, 11) is -9.92. The zero-order chi connectivity index (χ0) is 74.1. The molecule has 0 amide bonds. The van der Waals surface area contributed by atoms with Crippen LogP contribution >= 0.6 is 15.6 Å². The van der Waals surface area contributed by atoms with Gasteiger partial charge in [0.2, 0.25) is 0 Å². The molecule has 0 heterocycles. The van der Waals surface area contributed by atoms with E-state index in [1.54, 1.807) is 0 Å². The van der Waals surface area contributed by atoms with Gasteiger partial charge in [-0.25, -0.2) is 9.13 Å². The smallest absolute Gasteiger partial charge is 0.462 e. The van der Waals surface area contributed by atoms with Crippen molar-refractivity contribution in [1.82, 2.24) is 0 Å². The van der Waals surface area contributed by atoms with Gasteiger partial charge in [-0.3, -0.25) is 37.3 Å². The van der Waals surface area contributed by atoms with Crippen LogP contribution in [0.1, 0.15) is 439 Å². The van der Waals surface area contributed by atoms with Crippen molar-refractivity contribution in [2.24, 2.45) is 5.92 Å². The van der Waals surface area contributed by atoms with E-state index in [2.05, 4.69) is 34.6 Å². The fourth-order valence-electron chi connectivity index (χ4n) is 12.8. The molecule has 600 valence electrons. The van der Waals surface area contributed by atoms with E-state index in [4.69, 9.17) is 37.0 Å². The van der Waals surface area contributed by atoms with Crippen molar-refractivity contribution >= 4 is 39.5 Å². The molecule has 0 aromatic heterocycles. The van der Waals surface area contributed by atoms with Gasteiger partial charge < -0.3 is 33.8 Å². The quantitative estimate of drug-likeness (QED) is 0.0222. The normalized spacial score (nSPS) is 13.8. The molecule has 0 fully saturated rings. The number of esters is 4. The second kappa shape index (κ2) is 74.9. The molecule has 0 aromatic carbocycles. The minimum Gasteiger partial charge on any atom is -0.462 e. The van der Waals surface area contributed by atoms with Crippen LogP contribution in [0.5, 0.6) is 0 Å². The molecule has 19 heteroatoms. The number of hydrogen-bond donors (Lipinski definition) is 3. The Kier molecular flexibility index (Phi) is 73.5. The van der Waals surface area contributed by atoms with Crippen molar-refractivity contribution in [1.29, 1.82) is 0 Å². The highest BCUT2D eigenvalue weighted by Gasteiger charge is 2.30. The Hall–Kier alpha value is -1.94. The maximum absolute atomic E-state index is 13.1. The molecule has 0 saturated heterocycles. The minimum atomic E-state index is -4.96. The second-order valence-corrected chi connectivity index (χ2v) is 32.9. The van der Waals surface area contributed by atoms with Crippen LogP contribution in [0.4, 0.5) is 0 Å². The molecule has 0 bridgehead atoms. The number of ether oxygens (including phenoxy) is 4. The van der Waals surface area contributed by atoms with Gasteiger partial charge in [-0.15, -0.1) is 0 Å². The fraction of sp³-hybridized carbons (Fsp3) is 0.951. The van der Waals surface area contributed by atoms with Gasteiger partial charge in [0.15, 0.2) is 12.2 Å². The topological polar surface area (TPSA) is 237 Å². The minimum absolute atomic E-state index is 0.108. The number of aliphatic hydroxyl groups is 1. The molecule has 101 heavy (non-hydrogen) atoms. The Morgan fingerprint density at radius 3 is 0.673 bits per heavy atom. The Morgan fingerprint density at radius 2 is 0.455 bits per heavy atom. The van der Waals surface area contributed by atoms with Gasteiger partial charge in [0.1, 0.15) is 19.3 Å². The van der Waals surface area contributed by atoms with Crippen molar-refractivity contribution in [2.45, 2.75) is 457 Å². The van der Waals surface area contributed by atoms with Gasteiger partial charge in [0.05, 0.1) is 26.4 Å². The maximum Gasteiger partial charge on any atom is 0.472 e. The summed E-state index contributed by atoms with van der Waals surface area (Å²) < 4.78 is 68.7. The fourth-order valence-corrected chi connectivity index (χ4v) is 14.3. The van der Waals surface area contributed by atoms with Crippen LogP contribution in [0.25, 0.3) is 0 Å². The van der Waals surface area contributed by atoms with Gasteiger partial charge in [-0.2, -0.15) is 0 Å². The molecule has 2 unspecified atom stereocenters. The first-order valence-electron chi connectivity index (χ1n) is 42.6. The van der Waals surface area contributed by atoms with Gasteiger partial charge in [0, 0.05) is 25.7 Å². The highest BCUT2D eigenvalue weighted by molar-refractivity contribution is 7.47. The third-order valence-electron chi connectivity index (χ3n) is 19.3. The Balaban J connectivity index is 5.21. The van der Waals surface area contributed by atoms with E-state index in [0.717, 1.165) is 95.8 Å². The molecule has 0 spiro atoms. The first-order chi connectivity index (χ1) is 49.0. The predicted molar refractivity (Wildman–Crippen MR) is 414 cm³/mol. The Bertz CT molecular complexity index is 1930. The molecule has 0 aromatic rings. The molecule has 0 radical (unpaired) electrons. The van der Waals surface area contributed by atoms with Crippen LogP contribution in [-0.2, 0) is 65.4 Å². The van der Waals surface area contributed by atoms with E-state index in [0.29, 0.717) is 25.7 Å². The average Bonchev–Trinajstić information content (AvgIpc) is 0.919. The van der Waals surface area contributed by atoms with Gasteiger partial charge in [0.25, 0.3) is 0 Å². The van der Waals surface area contributed by atoms with E-state index < -0.39 is 97.5 Å². The first-order valence-corrected chi connectivity index (χ1v) is 45.6. The molecular weight excluding hydrogens is 1320 g/mol. The molecule has 0 aliphatic carbocycles. The van der Waals surface area contributed by atoms with Crippen LogP contribution in [0.3, 0.4) is 0 Å². The largest absolute Gasteiger partial charge is 0.472 e. The monoisotopic (exact) mass is 1480 g/mol. The zero-order valence-corrected chi connectivity index (χ0v) is 67.8. The number of aliphatic hydroxyl groups excluding tert-OH is 1.